The molecule has 104 valence electrons. The van der Waals surface area contributed by atoms with E-state index in [1.165, 1.54) is 13.2 Å². The van der Waals surface area contributed by atoms with Crippen molar-refractivity contribution >= 4 is 11.5 Å². The number of hydrogen-bond acceptors (Lipinski definition) is 3. The molecule has 20 heavy (non-hydrogen) atoms. The number of nitrogen functional groups attached to an aromatic ring is 1. The number of ketones is 1. The van der Waals surface area contributed by atoms with Crippen molar-refractivity contribution < 1.29 is 13.9 Å². The predicted octanol–water partition coefficient (Wildman–Crippen LogP) is 2.77. The van der Waals surface area contributed by atoms with Crippen molar-refractivity contribution in [3.05, 3.63) is 59.4 Å². The van der Waals surface area contributed by atoms with Gasteiger partial charge in [-0.05, 0) is 29.3 Å². The van der Waals surface area contributed by atoms with Crippen LogP contribution in [0.15, 0.2) is 42.5 Å². The van der Waals surface area contributed by atoms with Crippen LogP contribution in [0.3, 0.4) is 0 Å². The third-order valence-electron chi connectivity index (χ3n) is 3.00. The Labute approximate surface area is 117 Å². The van der Waals surface area contributed by atoms with Gasteiger partial charge in [-0.1, -0.05) is 24.3 Å². The highest BCUT2D eigenvalue weighted by Crippen LogP contribution is 2.21. The van der Waals surface area contributed by atoms with Crippen molar-refractivity contribution in [2.45, 2.75) is 12.8 Å². The van der Waals surface area contributed by atoms with Crippen molar-refractivity contribution in [3.8, 4) is 5.75 Å². The molecule has 2 aromatic rings. The topological polar surface area (TPSA) is 52.3 Å². The van der Waals surface area contributed by atoms with Gasteiger partial charge in [-0.15, -0.1) is 0 Å². The minimum Gasteiger partial charge on any atom is -0.494 e. The van der Waals surface area contributed by atoms with Crippen LogP contribution in [0.1, 0.15) is 11.1 Å². The van der Waals surface area contributed by atoms with Crippen molar-refractivity contribution in [1.29, 1.82) is 0 Å². The number of carbonyl (C=O) groups excluding carboxylic acids is 1. The number of nitrogens with two attached hydrogens (primary N) is 1. The van der Waals surface area contributed by atoms with E-state index >= 15 is 0 Å². The molecule has 4 heteroatoms. The van der Waals surface area contributed by atoms with Gasteiger partial charge in [0.15, 0.2) is 11.6 Å². The van der Waals surface area contributed by atoms with Gasteiger partial charge in [0, 0.05) is 18.5 Å². The lowest BCUT2D eigenvalue weighted by Gasteiger charge is -2.07. The quantitative estimate of drug-likeness (QED) is 0.852. The minimum atomic E-state index is -0.476. The van der Waals surface area contributed by atoms with E-state index in [2.05, 4.69) is 0 Å². The lowest BCUT2D eigenvalue weighted by Crippen LogP contribution is -2.08. The molecule has 0 fully saturated rings. The minimum absolute atomic E-state index is 0.0395. The average molecular weight is 273 g/mol. The smallest absolute Gasteiger partial charge is 0.168 e. The molecule has 0 saturated heterocycles. The molecule has 2 N–H and O–H groups in total. The molecule has 2 aromatic carbocycles. The van der Waals surface area contributed by atoms with E-state index < -0.39 is 5.82 Å². The van der Waals surface area contributed by atoms with Crippen LogP contribution in [0.5, 0.6) is 5.75 Å². The number of hydrogen-bond donors (Lipinski definition) is 1. The van der Waals surface area contributed by atoms with Crippen LogP contribution in [0.4, 0.5) is 10.1 Å². The van der Waals surface area contributed by atoms with E-state index in [-0.39, 0.29) is 24.4 Å². The third kappa shape index (κ3) is 3.35. The van der Waals surface area contributed by atoms with E-state index in [1.807, 2.05) is 6.07 Å². The van der Waals surface area contributed by atoms with E-state index in [0.29, 0.717) is 11.3 Å². The number of anilines is 1. The van der Waals surface area contributed by atoms with Crippen LogP contribution in [0, 0.1) is 5.82 Å². The highest BCUT2D eigenvalue weighted by molar-refractivity contribution is 5.83. The molecule has 0 aliphatic carbocycles. The van der Waals surface area contributed by atoms with Gasteiger partial charge in [-0.2, -0.15) is 0 Å². The largest absolute Gasteiger partial charge is 0.494 e. The number of ether oxygens (including phenoxy) is 1. The summed E-state index contributed by atoms with van der Waals surface area (Å²) in [5, 5.41) is 0. The van der Waals surface area contributed by atoms with Crippen molar-refractivity contribution in [2.24, 2.45) is 0 Å². The first-order valence-corrected chi connectivity index (χ1v) is 6.27. The Hall–Kier alpha value is -2.36. The zero-order chi connectivity index (χ0) is 14.5. The average Bonchev–Trinajstić information content (AvgIpc) is 2.41. The Morgan fingerprint density at radius 3 is 2.65 bits per heavy atom. The van der Waals surface area contributed by atoms with Gasteiger partial charge in [-0.25, -0.2) is 4.39 Å². The zero-order valence-corrected chi connectivity index (χ0v) is 11.2. The van der Waals surface area contributed by atoms with Crippen LogP contribution >= 0.6 is 0 Å². The van der Waals surface area contributed by atoms with Gasteiger partial charge < -0.3 is 10.5 Å². The molecular formula is C16H16FNO2. The fourth-order valence-electron chi connectivity index (χ4n) is 2.06. The van der Waals surface area contributed by atoms with Gasteiger partial charge in [0.1, 0.15) is 5.78 Å². The summed E-state index contributed by atoms with van der Waals surface area (Å²) < 4.78 is 18.8. The Kier molecular flexibility index (Phi) is 4.35. The molecule has 0 bridgehead atoms. The summed E-state index contributed by atoms with van der Waals surface area (Å²) in [5.41, 5.74) is 7.45. The van der Waals surface area contributed by atoms with Crippen LogP contribution in [0.2, 0.25) is 0 Å². The lowest BCUT2D eigenvalue weighted by molar-refractivity contribution is -0.117. The highest BCUT2D eigenvalue weighted by atomic mass is 19.1. The van der Waals surface area contributed by atoms with Crippen molar-refractivity contribution in [1.82, 2.24) is 0 Å². The van der Waals surface area contributed by atoms with E-state index in [4.69, 9.17) is 10.5 Å². The first-order valence-electron chi connectivity index (χ1n) is 6.27. The number of Topliss-reactive ketones (excluding diaryl/α,β-unsaturated/α-hetero) is 1. The molecule has 0 saturated carbocycles. The molecule has 0 aliphatic rings. The number of carbonyl (C=O) groups is 1. The van der Waals surface area contributed by atoms with Gasteiger partial charge >= 0.3 is 0 Å². The van der Waals surface area contributed by atoms with Gasteiger partial charge in [0.05, 0.1) is 7.11 Å². The zero-order valence-electron chi connectivity index (χ0n) is 11.2. The molecule has 0 heterocycles. The van der Waals surface area contributed by atoms with Gasteiger partial charge in [0.25, 0.3) is 0 Å². The SMILES string of the molecule is COc1cccc(CC(=O)Cc2cccc(N)c2)c1F. The molecule has 0 aromatic heterocycles. The summed E-state index contributed by atoms with van der Waals surface area (Å²) in [4.78, 5) is 12.0. The molecule has 0 atom stereocenters. The molecule has 0 radical (unpaired) electrons. The van der Waals surface area contributed by atoms with Crippen LogP contribution in [-0.4, -0.2) is 12.9 Å². The maximum Gasteiger partial charge on any atom is 0.168 e. The first kappa shape index (κ1) is 14.1. The summed E-state index contributed by atoms with van der Waals surface area (Å²) in [6.07, 6.45) is 0.277. The maximum atomic E-state index is 13.9. The summed E-state index contributed by atoms with van der Waals surface area (Å²) in [5.74, 6) is -0.391. The maximum absolute atomic E-state index is 13.9. The molecular weight excluding hydrogens is 257 g/mol. The van der Waals surface area contributed by atoms with Crippen molar-refractivity contribution in [2.75, 3.05) is 12.8 Å². The van der Waals surface area contributed by atoms with Crippen molar-refractivity contribution in [3.63, 3.8) is 0 Å². The second-order valence-corrected chi connectivity index (χ2v) is 4.57. The van der Waals surface area contributed by atoms with E-state index in [1.54, 1.807) is 30.3 Å². The Balaban J connectivity index is 2.09. The Morgan fingerprint density at radius 2 is 1.95 bits per heavy atom. The first-order chi connectivity index (χ1) is 9.60. The van der Waals surface area contributed by atoms with E-state index in [9.17, 15) is 9.18 Å². The molecule has 0 amide bonds. The molecule has 2 rings (SSSR count). The molecule has 0 spiro atoms. The number of benzene rings is 2. The fourth-order valence-corrected chi connectivity index (χ4v) is 2.06. The fraction of sp³-hybridized carbons (Fsp3) is 0.188. The number of methoxy groups -OCH3 is 1. The Morgan fingerprint density at radius 1 is 1.20 bits per heavy atom. The third-order valence-corrected chi connectivity index (χ3v) is 3.00. The summed E-state index contributed by atoms with van der Waals surface area (Å²) in [7, 11) is 1.40. The number of halogens is 1. The molecule has 3 nitrogen and oxygen atoms in total. The Bertz CT molecular complexity index is 626. The second-order valence-electron chi connectivity index (χ2n) is 4.57. The molecule has 0 aliphatic heterocycles. The lowest BCUT2D eigenvalue weighted by atomic mass is 10.0. The van der Waals surface area contributed by atoms with Crippen LogP contribution < -0.4 is 10.5 Å². The summed E-state index contributed by atoms with van der Waals surface area (Å²) >= 11 is 0. The molecule has 0 unspecified atom stereocenters. The van der Waals surface area contributed by atoms with Crippen LogP contribution in [-0.2, 0) is 17.6 Å². The van der Waals surface area contributed by atoms with Crippen LogP contribution in [0.25, 0.3) is 0 Å². The summed E-state index contributed by atoms with van der Waals surface area (Å²) in [6, 6.07) is 11.9. The van der Waals surface area contributed by atoms with E-state index in [0.717, 1.165) is 5.56 Å². The van der Waals surface area contributed by atoms with Gasteiger partial charge in [0.2, 0.25) is 0 Å². The second kappa shape index (κ2) is 6.19. The highest BCUT2D eigenvalue weighted by Gasteiger charge is 2.12. The summed E-state index contributed by atoms with van der Waals surface area (Å²) in [6.45, 7) is 0. The number of rotatable bonds is 5. The van der Waals surface area contributed by atoms with Gasteiger partial charge in [-0.3, -0.25) is 4.79 Å². The monoisotopic (exact) mass is 273 g/mol. The normalized spacial score (nSPS) is 10.3. The standard InChI is InChI=1S/C16H16FNO2/c1-20-15-7-3-5-12(16(15)17)10-14(19)9-11-4-2-6-13(18)8-11/h2-8H,9-10,18H2,1H3. The predicted molar refractivity (Wildman–Crippen MR) is 76.2 cm³/mol.